The average molecular weight is 328 g/mol. The van der Waals surface area contributed by atoms with Crippen LogP contribution in [0.2, 0.25) is 0 Å². The first-order valence-electron chi connectivity index (χ1n) is 5.87. The van der Waals surface area contributed by atoms with Gasteiger partial charge in [-0.1, -0.05) is 0 Å². The molecule has 0 saturated heterocycles. The average Bonchev–Trinajstić information content (AvgIpc) is 2.43. The lowest BCUT2D eigenvalue weighted by atomic mass is 9.95. The van der Waals surface area contributed by atoms with Crippen molar-refractivity contribution in [3.05, 3.63) is 0 Å². The van der Waals surface area contributed by atoms with Crippen molar-refractivity contribution in [1.29, 1.82) is 0 Å². The summed E-state index contributed by atoms with van der Waals surface area (Å²) < 4.78 is 17.6. The van der Waals surface area contributed by atoms with Crippen LogP contribution in [-0.4, -0.2) is 81.9 Å². The minimum atomic E-state index is -3.53. The molecule has 0 aliphatic carbocycles. The van der Waals surface area contributed by atoms with Crippen LogP contribution in [0.4, 0.5) is 0 Å². The van der Waals surface area contributed by atoms with Gasteiger partial charge < -0.3 is 44.5 Å². The number of rotatable bonds is 8. The topological polar surface area (TPSA) is 172 Å². The van der Waals surface area contributed by atoms with E-state index in [1.54, 1.807) is 0 Å². The van der Waals surface area contributed by atoms with Crippen LogP contribution < -0.4 is 0 Å². The third kappa shape index (κ3) is 3.52. The minimum Gasteiger partial charge on any atom is -0.428 e. The van der Waals surface area contributed by atoms with Crippen LogP contribution in [-0.2, 0) is 28.5 Å². The number of ether oxygens (including phenoxy) is 4. The van der Waals surface area contributed by atoms with Crippen molar-refractivity contribution in [2.75, 3.05) is 20.8 Å². The summed E-state index contributed by atoms with van der Waals surface area (Å²) in [5.41, 5.74) is 0. The summed E-state index contributed by atoms with van der Waals surface area (Å²) in [5.74, 6) is -12.4. The van der Waals surface area contributed by atoms with E-state index in [1.165, 1.54) is 0 Å². The highest BCUT2D eigenvalue weighted by Crippen LogP contribution is 2.38. The second kappa shape index (κ2) is 7.28. The number of carbonyl (C=O) groups is 2. The Balaban J connectivity index is 6.11. The number of hydrogen-bond donors (Lipinski definition) is 5. The van der Waals surface area contributed by atoms with Gasteiger partial charge in [0.2, 0.25) is 0 Å². The van der Waals surface area contributed by atoms with Crippen molar-refractivity contribution in [2.45, 2.75) is 37.5 Å². The number of aliphatic hydroxyl groups is 5. The molecule has 4 atom stereocenters. The molecule has 0 bridgehead atoms. The molecular formula is C11H20O11. The lowest BCUT2D eigenvalue weighted by Crippen LogP contribution is -2.76. The summed E-state index contributed by atoms with van der Waals surface area (Å²) in [6.07, 6.45) is -2.69. The molecule has 5 N–H and O–H groups in total. The normalized spacial score (nSPS) is 21.0. The second-order valence-electron chi connectivity index (χ2n) is 4.25. The van der Waals surface area contributed by atoms with Gasteiger partial charge in [0, 0.05) is 28.1 Å². The molecule has 0 rings (SSSR count). The summed E-state index contributed by atoms with van der Waals surface area (Å²) in [4.78, 5) is 22.0. The minimum absolute atomic E-state index is 0.731. The van der Waals surface area contributed by atoms with Gasteiger partial charge in [0.1, 0.15) is 6.61 Å². The maximum Gasteiger partial charge on any atom is 0.334 e. The molecule has 0 aromatic carbocycles. The van der Waals surface area contributed by atoms with Gasteiger partial charge in [0.05, 0.1) is 0 Å². The summed E-state index contributed by atoms with van der Waals surface area (Å²) in [6.45, 7) is 0.272. The highest BCUT2D eigenvalue weighted by Gasteiger charge is 2.71. The third-order valence-electron chi connectivity index (χ3n) is 2.77. The Hall–Kier alpha value is -1.34. The Labute approximate surface area is 125 Å². The van der Waals surface area contributed by atoms with Gasteiger partial charge in [-0.3, -0.25) is 9.59 Å². The molecule has 0 heterocycles. The Morgan fingerprint density at radius 2 is 1.55 bits per heavy atom. The first-order valence-corrected chi connectivity index (χ1v) is 5.87. The van der Waals surface area contributed by atoms with Crippen LogP contribution in [0, 0.1) is 0 Å². The zero-order valence-corrected chi connectivity index (χ0v) is 12.5. The number of carbonyl (C=O) groups excluding carboxylic acids is 2. The Kier molecular flexibility index (Phi) is 6.84. The Morgan fingerprint density at radius 3 is 1.82 bits per heavy atom. The predicted molar refractivity (Wildman–Crippen MR) is 65.5 cm³/mol. The molecule has 0 spiro atoms. The summed E-state index contributed by atoms with van der Waals surface area (Å²) >= 11 is 0. The number of hydrogen-bond acceptors (Lipinski definition) is 11. The van der Waals surface area contributed by atoms with Crippen LogP contribution in [0.3, 0.4) is 0 Å². The molecule has 11 nitrogen and oxygen atoms in total. The molecule has 0 aromatic heterocycles. The van der Waals surface area contributed by atoms with E-state index in [4.69, 9.17) is 5.11 Å². The van der Waals surface area contributed by atoms with E-state index >= 15 is 0 Å². The van der Waals surface area contributed by atoms with Gasteiger partial charge in [0.25, 0.3) is 17.9 Å². The fourth-order valence-electron chi connectivity index (χ4n) is 1.64. The van der Waals surface area contributed by atoms with Crippen LogP contribution in [0.1, 0.15) is 13.8 Å². The van der Waals surface area contributed by atoms with E-state index in [9.17, 15) is 30.0 Å². The SMILES string of the molecule is CO[C@](O)([C@](O)(CO)OC)[C@](O)(OC(C)=O)C(O)OC(C)=O. The van der Waals surface area contributed by atoms with Crippen LogP contribution in [0.25, 0.3) is 0 Å². The van der Waals surface area contributed by atoms with Gasteiger partial charge in [0.15, 0.2) is 0 Å². The fourth-order valence-corrected chi connectivity index (χ4v) is 1.64. The van der Waals surface area contributed by atoms with Crippen molar-refractivity contribution < 1.29 is 54.1 Å². The van der Waals surface area contributed by atoms with Gasteiger partial charge in [-0.25, -0.2) is 0 Å². The standard InChI is InChI=1S/C11H20O11/c1-6(13)21-8(15)10(17,22-7(2)14)11(18,20-4)9(16,5-12)19-3/h8,12,15-18H,5H2,1-4H3/t8?,9-,10+,11+/m0/s1. The van der Waals surface area contributed by atoms with Gasteiger partial charge in [-0.15, -0.1) is 0 Å². The smallest absolute Gasteiger partial charge is 0.334 e. The van der Waals surface area contributed by atoms with Gasteiger partial charge in [-0.05, 0) is 0 Å². The number of aliphatic hydroxyl groups excluding tert-OH is 2. The molecule has 0 amide bonds. The maximum absolute atomic E-state index is 11.1. The van der Waals surface area contributed by atoms with E-state index in [1.807, 2.05) is 0 Å². The highest BCUT2D eigenvalue weighted by molar-refractivity contribution is 5.67. The molecule has 11 heteroatoms. The van der Waals surface area contributed by atoms with Crippen LogP contribution >= 0.6 is 0 Å². The van der Waals surface area contributed by atoms with Crippen molar-refractivity contribution in [3.63, 3.8) is 0 Å². The lowest BCUT2D eigenvalue weighted by Gasteiger charge is -2.48. The fraction of sp³-hybridized carbons (Fsp3) is 0.818. The summed E-state index contributed by atoms with van der Waals surface area (Å²) in [7, 11) is 1.54. The zero-order chi connectivity index (χ0) is 17.8. The van der Waals surface area contributed by atoms with Crippen molar-refractivity contribution in [3.8, 4) is 0 Å². The van der Waals surface area contributed by atoms with E-state index < -0.39 is 42.2 Å². The Morgan fingerprint density at radius 1 is 1.05 bits per heavy atom. The molecular weight excluding hydrogens is 308 g/mol. The van der Waals surface area contributed by atoms with Crippen molar-refractivity contribution >= 4 is 11.9 Å². The third-order valence-corrected chi connectivity index (χ3v) is 2.77. The molecule has 22 heavy (non-hydrogen) atoms. The first-order chi connectivity index (χ1) is 9.94. The molecule has 130 valence electrons. The molecule has 0 saturated carbocycles. The quantitative estimate of drug-likeness (QED) is 0.224. The molecule has 1 unspecified atom stereocenters. The maximum atomic E-state index is 11.1. The molecule has 0 aliphatic rings. The summed E-state index contributed by atoms with van der Waals surface area (Å²) in [5, 5.41) is 49.6. The van der Waals surface area contributed by atoms with Crippen LogP contribution in [0.15, 0.2) is 0 Å². The van der Waals surface area contributed by atoms with Gasteiger partial charge in [-0.2, -0.15) is 0 Å². The highest BCUT2D eigenvalue weighted by atomic mass is 16.8. The number of esters is 2. The Bertz CT molecular complexity index is 407. The first kappa shape index (κ1) is 20.7. The zero-order valence-electron chi connectivity index (χ0n) is 12.5. The van der Waals surface area contributed by atoms with E-state index in [2.05, 4.69) is 18.9 Å². The van der Waals surface area contributed by atoms with E-state index in [0.29, 0.717) is 0 Å². The van der Waals surface area contributed by atoms with Crippen molar-refractivity contribution in [1.82, 2.24) is 0 Å². The predicted octanol–water partition coefficient (Wildman–Crippen LogP) is -3.22. The van der Waals surface area contributed by atoms with Crippen LogP contribution in [0.5, 0.6) is 0 Å². The molecule has 0 radical (unpaired) electrons. The van der Waals surface area contributed by atoms with E-state index in [-0.39, 0.29) is 0 Å². The lowest BCUT2D eigenvalue weighted by molar-refractivity contribution is -0.490. The summed E-state index contributed by atoms with van der Waals surface area (Å²) in [6, 6.07) is 0. The molecule has 0 aromatic rings. The van der Waals surface area contributed by atoms with E-state index in [0.717, 1.165) is 28.1 Å². The monoisotopic (exact) mass is 328 g/mol. The molecule has 0 aliphatic heterocycles. The number of methoxy groups -OCH3 is 2. The molecule has 0 fully saturated rings. The second-order valence-corrected chi connectivity index (χ2v) is 4.25. The largest absolute Gasteiger partial charge is 0.428 e. The van der Waals surface area contributed by atoms with Crippen molar-refractivity contribution in [2.24, 2.45) is 0 Å². The van der Waals surface area contributed by atoms with Gasteiger partial charge >= 0.3 is 17.7 Å².